The van der Waals surface area contributed by atoms with Gasteiger partial charge in [0, 0.05) is 18.1 Å². The molecule has 0 bridgehead atoms. The Morgan fingerprint density at radius 3 is 2.78 bits per heavy atom. The summed E-state index contributed by atoms with van der Waals surface area (Å²) in [5, 5.41) is 15.3. The lowest BCUT2D eigenvalue weighted by atomic mass is 9.87. The van der Waals surface area contributed by atoms with Crippen LogP contribution in [0.2, 0.25) is 0 Å². The minimum atomic E-state index is -0.275. The van der Waals surface area contributed by atoms with Crippen molar-refractivity contribution in [2.24, 2.45) is 16.3 Å². The smallest absolute Gasteiger partial charge is 0.144 e. The van der Waals surface area contributed by atoms with Crippen molar-refractivity contribution < 1.29 is 9.94 Å². The number of ether oxygens (including phenoxy) is 1. The van der Waals surface area contributed by atoms with Gasteiger partial charge in [0.25, 0.3) is 0 Å². The molecule has 18 heavy (non-hydrogen) atoms. The van der Waals surface area contributed by atoms with Gasteiger partial charge >= 0.3 is 0 Å². The van der Waals surface area contributed by atoms with E-state index in [1.54, 1.807) is 0 Å². The lowest BCUT2D eigenvalue weighted by Crippen LogP contribution is -2.45. The molecule has 0 aromatic rings. The van der Waals surface area contributed by atoms with Crippen LogP contribution < -0.4 is 11.1 Å². The fourth-order valence-electron chi connectivity index (χ4n) is 2.26. The zero-order chi connectivity index (χ0) is 13.8. The molecular weight excluding hydrogens is 230 g/mol. The minimum Gasteiger partial charge on any atom is -0.409 e. The summed E-state index contributed by atoms with van der Waals surface area (Å²) < 4.78 is 5.69. The molecule has 0 saturated carbocycles. The molecule has 1 aliphatic rings. The summed E-state index contributed by atoms with van der Waals surface area (Å²) in [4.78, 5) is 0. The molecule has 5 heteroatoms. The first-order valence-electron chi connectivity index (χ1n) is 6.62. The van der Waals surface area contributed by atoms with Crippen molar-refractivity contribution in [3.63, 3.8) is 0 Å². The molecule has 0 spiro atoms. The zero-order valence-corrected chi connectivity index (χ0v) is 12.0. The second-order valence-corrected chi connectivity index (χ2v) is 6.37. The fourth-order valence-corrected chi connectivity index (χ4v) is 2.26. The van der Waals surface area contributed by atoms with Crippen LogP contribution in [0, 0.1) is 5.41 Å². The van der Waals surface area contributed by atoms with Crippen LogP contribution in [0.3, 0.4) is 0 Å². The van der Waals surface area contributed by atoms with E-state index in [1.807, 2.05) is 13.8 Å². The van der Waals surface area contributed by atoms with Gasteiger partial charge in [-0.2, -0.15) is 0 Å². The SMILES string of the molecule is CC1(C)CC(NCCC(C)(C)C(N)=NO)CCO1. The molecule has 1 fully saturated rings. The van der Waals surface area contributed by atoms with Crippen LogP contribution in [0.25, 0.3) is 0 Å². The van der Waals surface area contributed by atoms with Gasteiger partial charge in [-0.25, -0.2) is 0 Å². The maximum Gasteiger partial charge on any atom is 0.144 e. The predicted octanol–water partition coefficient (Wildman–Crippen LogP) is 1.70. The lowest BCUT2D eigenvalue weighted by Gasteiger charge is -2.36. The van der Waals surface area contributed by atoms with Crippen molar-refractivity contribution >= 4 is 5.84 Å². The predicted molar refractivity (Wildman–Crippen MR) is 72.9 cm³/mol. The van der Waals surface area contributed by atoms with Crippen LogP contribution in [0.5, 0.6) is 0 Å². The Kier molecular flexibility index (Phi) is 4.99. The summed E-state index contributed by atoms with van der Waals surface area (Å²) in [7, 11) is 0. The number of hydrogen-bond donors (Lipinski definition) is 3. The molecule has 4 N–H and O–H groups in total. The molecule has 1 aliphatic heterocycles. The van der Waals surface area contributed by atoms with E-state index in [9.17, 15) is 0 Å². The van der Waals surface area contributed by atoms with Crippen LogP contribution >= 0.6 is 0 Å². The van der Waals surface area contributed by atoms with Gasteiger partial charge in [0.05, 0.1) is 5.60 Å². The van der Waals surface area contributed by atoms with Gasteiger partial charge in [-0.1, -0.05) is 19.0 Å². The second kappa shape index (κ2) is 5.89. The van der Waals surface area contributed by atoms with E-state index in [2.05, 4.69) is 24.3 Å². The Morgan fingerprint density at radius 1 is 1.56 bits per heavy atom. The molecule has 0 aliphatic carbocycles. The van der Waals surface area contributed by atoms with Crippen molar-refractivity contribution in [2.45, 2.75) is 58.6 Å². The quantitative estimate of drug-likeness (QED) is 0.303. The largest absolute Gasteiger partial charge is 0.409 e. The molecule has 0 radical (unpaired) electrons. The first-order valence-corrected chi connectivity index (χ1v) is 6.62. The molecule has 5 nitrogen and oxygen atoms in total. The maximum atomic E-state index is 8.71. The van der Waals surface area contributed by atoms with Crippen LogP contribution in [-0.4, -0.2) is 35.8 Å². The molecule has 1 heterocycles. The van der Waals surface area contributed by atoms with E-state index in [1.165, 1.54) is 0 Å². The highest BCUT2D eigenvalue weighted by molar-refractivity contribution is 5.85. The molecule has 106 valence electrons. The summed E-state index contributed by atoms with van der Waals surface area (Å²) in [5.41, 5.74) is 5.36. The summed E-state index contributed by atoms with van der Waals surface area (Å²) >= 11 is 0. The van der Waals surface area contributed by atoms with Gasteiger partial charge in [0.15, 0.2) is 0 Å². The van der Waals surface area contributed by atoms with Gasteiger partial charge in [-0.3, -0.25) is 0 Å². The van der Waals surface area contributed by atoms with Gasteiger partial charge in [0.2, 0.25) is 0 Å². The summed E-state index contributed by atoms with van der Waals surface area (Å²) in [5.74, 6) is 0.289. The average molecular weight is 257 g/mol. The summed E-state index contributed by atoms with van der Waals surface area (Å²) in [6.07, 6.45) is 2.92. The Balaban J connectivity index is 2.34. The molecule has 0 aromatic carbocycles. The molecule has 0 aromatic heterocycles. The maximum absolute atomic E-state index is 8.71. The normalized spacial score (nSPS) is 25.1. The van der Waals surface area contributed by atoms with Crippen molar-refractivity contribution in [3.8, 4) is 0 Å². The standard InChI is InChI=1S/C13H27N3O2/c1-12(2,11(14)16-17)6-7-15-10-5-8-18-13(3,4)9-10/h10,15,17H,5-9H2,1-4H3,(H2,14,16). The van der Waals surface area contributed by atoms with Crippen molar-refractivity contribution in [1.29, 1.82) is 0 Å². The minimum absolute atomic E-state index is 0.0307. The first kappa shape index (κ1) is 15.2. The van der Waals surface area contributed by atoms with Gasteiger partial charge < -0.3 is 21.0 Å². The highest BCUT2D eigenvalue weighted by Gasteiger charge is 2.29. The summed E-state index contributed by atoms with van der Waals surface area (Å²) in [6, 6.07) is 0.497. The number of hydrogen-bond acceptors (Lipinski definition) is 4. The van der Waals surface area contributed by atoms with Crippen molar-refractivity contribution in [2.75, 3.05) is 13.2 Å². The molecule has 1 rings (SSSR count). The molecule has 1 saturated heterocycles. The van der Waals surface area contributed by atoms with Crippen LogP contribution in [-0.2, 0) is 4.74 Å². The fraction of sp³-hybridized carbons (Fsp3) is 0.923. The van der Waals surface area contributed by atoms with Crippen molar-refractivity contribution in [1.82, 2.24) is 5.32 Å². The molecular formula is C13H27N3O2. The number of amidine groups is 1. The van der Waals surface area contributed by atoms with E-state index >= 15 is 0 Å². The number of nitrogens with one attached hydrogen (secondary N) is 1. The van der Waals surface area contributed by atoms with Gasteiger partial charge in [0.1, 0.15) is 5.84 Å². The number of oxime groups is 1. The number of nitrogens with two attached hydrogens (primary N) is 1. The first-order chi connectivity index (χ1) is 8.27. The zero-order valence-electron chi connectivity index (χ0n) is 12.0. The molecule has 1 unspecified atom stereocenters. The average Bonchev–Trinajstić information content (AvgIpc) is 2.26. The summed E-state index contributed by atoms with van der Waals surface area (Å²) in [6.45, 7) is 9.90. The molecule has 0 amide bonds. The highest BCUT2D eigenvalue weighted by atomic mass is 16.5. The van der Waals surface area contributed by atoms with Gasteiger partial charge in [-0.15, -0.1) is 0 Å². The highest BCUT2D eigenvalue weighted by Crippen LogP contribution is 2.25. The van der Waals surface area contributed by atoms with E-state index in [0.717, 1.165) is 32.4 Å². The monoisotopic (exact) mass is 257 g/mol. The van der Waals surface area contributed by atoms with Crippen molar-refractivity contribution in [3.05, 3.63) is 0 Å². The number of nitrogens with zero attached hydrogens (tertiary/aromatic N) is 1. The van der Waals surface area contributed by atoms with E-state index in [4.69, 9.17) is 15.7 Å². The Labute approximate surface area is 110 Å². The third-order valence-electron chi connectivity index (χ3n) is 3.68. The van der Waals surface area contributed by atoms with E-state index in [-0.39, 0.29) is 16.9 Å². The van der Waals surface area contributed by atoms with Crippen LogP contribution in [0.4, 0.5) is 0 Å². The van der Waals surface area contributed by atoms with Crippen LogP contribution in [0.1, 0.15) is 47.0 Å². The Bertz CT molecular complexity index is 301. The van der Waals surface area contributed by atoms with E-state index < -0.39 is 0 Å². The Hall–Kier alpha value is -0.810. The van der Waals surface area contributed by atoms with Gasteiger partial charge in [-0.05, 0) is 39.7 Å². The van der Waals surface area contributed by atoms with E-state index in [0.29, 0.717) is 6.04 Å². The van der Waals surface area contributed by atoms with Crippen LogP contribution in [0.15, 0.2) is 5.16 Å². The third-order valence-corrected chi connectivity index (χ3v) is 3.68. The Morgan fingerprint density at radius 2 is 2.22 bits per heavy atom. The molecule has 1 atom stereocenters. The lowest BCUT2D eigenvalue weighted by molar-refractivity contribution is -0.0629. The number of rotatable bonds is 5. The topological polar surface area (TPSA) is 79.9 Å². The second-order valence-electron chi connectivity index (χ2n) is 6.37. The third kappa shape index (κ3) is 4.46.